The molecule has 102 valence electrons. The highest BCUT2D eigenvalue weighted by Crippen LogP contribution is 2.27. The molecule has 6 heteroatoms. The Morgan fingerprint density at radius 3 is 2.67 bits per heavy atom. The lowest BCUT2D eigenvalue weighted by molar-refractivity contribution is 0.335. The van der Waals surface area contributed by atoms with Gasteiger partial charge < -0.3 is 10.5 Å². The minimum atomic E-state index is -3.01. The number of benzene rings is 1. The van der Waals surface area contributed by atoms with Crippen molar-refractivity contribution >= 4 is 21.4 Å². The fourth-order valence-corrected chi connectivity index (χ4v) is 2.24. The Morgan fingerprint density at radius 1 is 1.44 bits per heavy atom. The first-order valence-electron chi connectivity index (χ1n) is 5.74. The maximum atomic E-state index is 11.3. The van der Waals surface area contributed by atoms with Gasteiger partial charge in [-0.1, -0.05) is 18.5 Å². The number of hydrogen-bond acceptors (Lipinski definition) is 4. The Balaban J connectivity index is 2.73. The Kier molecular flexibility index (Phi) is 5.44. The molecular formula is C12H18ClNO3S. The van der Waals surface area contributed by atoms with Crippen LogP contribution in [-0.2, 0) is 9.84 Å². The molecule has 0 saturated carbocycles. The van der Waals surface area contributed by atoms with Crippen LogP contribution in [0.3, 0.4) is 0 Å². The zero-order valence-electron chi connectivity index (χ0n) is 10.5. The quantitative estimate of drug-likeness (QED) is 0.872. The van der Waals surface area contributed by atoms with Gasteiger partial charge in [0, 0.05) is 22.4 Å². The maximum Gasteiger partial charge on any atom is 0.153 e. The molecule has 0 amide bonds. The van der Waals surface area contributed by atoms with Crippen molar-refractivity contribution in [3.05, 3.63) is 28.8 Å². The monoisotopic (exact) mass is 291 g/mol. The van der Waals surface area contributed by atoms with Gasteiger partial charge in [-0.2, -0.15) is 0 Å². The third kappa shape index (κ3) is 4.48. The summed E-state index contributed by atoms with van der Waals surface area (Å²) in [4.78, 5) is 0. The Bertz CT molecular complexity index is 500. The van der Waals surface area contributed by atoms with Crippen LogP contribution in [0.2, 0.25) is 5.02 Å². The van der Waals surface area contributed by atoms with Crippen molar-refractivity contribution in [1.29, 1.82) is 0 Å². The summed E-state index contributed by atoms with van der Waals surface area (Å²) in [6, 6.07) is 4.91. The number of ether oxygens (including phenoxy) is 1. The first kappa shape index (κ1) is 15.3. The lowest BCUT2D eigenvalue weighted by Crippen LogP contribution is -2.17. The molecule has 0 aliphatic rings. The highest BCUT2D eigenvalue weighted by atomic mass is 35.5. The molecule has 0 fully saturated rings. The topological polar surface area (TPSA) is 69.4 Å². The lowest BCUT2D eigenvalue weighted by Gasteiger charge is -2.14. The minimum Gasteiger partial charge on any atom is -0.492 e. The summed E-state index contributed by atoms with van der Waals surface area (Å²) in [6.45, 7) is 3.56. The second-order valence-corrected chi connectivity index (χ2v) is 6.96. The zero-order valence-corrected chi connectivity index (χ0v) is 12.1. The summed E-state index contributed by atoms with van der Waals surface area (Å²) in [6.07, 6.45) is 0. The van der Waals surface area contributed by atoms with Gasteiger partial charge in [-0.15, -0.1) is 0 Å². The normalized spacial score (nSPS) is 13.3. The van der Waals surface area contributed by atoms with Crippen molar-refractivity contribution in [1.82, 2.24) is 0 Å². The smallest absolute Gasteiger partial charge is 0.153 e. The van der Waals surface area contributed by atoms with Gasteiger partial charge >= 0.3 is 0 Å². The van der Waals surface area contributed by atoms with Crippen LogP contribution in [0.5, 0.6) is 5.75 Å². The van der Waals surface area contributed by atoms with Crippen LogP contribution in [-0.4, -0.2) is 26.5 Å². The van der Waals surface area contributed by atoms with Gasteiger partial charge in [0.25, 0.3) is 0 Å². The molecule has 0 unspecified atom stereocenters. The van der Waals surface area contributed by atoms with Gasteiger partial charge in [0.15, 0.2) is 9.84 Å². The molecule has 0 aromatic heterocycles. The van der Waals surface area contributed by atoms with Crippen LogP contribution in [0.1, 0.15) is 25.5 Å². The summed E-state index contributed by atoms with van der Waals surface area (Å²) in [5.41, 5.74) is 6.58. The molecule has 0 saturated heterocycles. The fraction of sp³-hybridized carbons (Fsp3) is 0.500. The molecule has 1 rings (SSSR count). The molecule has 2 N–H and O–H groups in total. The van der Waals surface area contributed by atoms with Crippen LogP contribution in [0, 0.1) is 0 Å². The van der Waals surface area contributed by atoms with E-state index in [0.717, 1.165) is 5.56 Å². The van der Waals surface area contributed by atoms with E-state index in [9.17, 15) is 8.42 Å². The first-order chi connectivity index (χ1) is 8.35. The van der Waals surface area contributed by atoms with Crippen molar-refractivity contribution in [2.24, 2.45) is 5.73 Å². The van der Waals surface area contributed by atoms with Crippen LogP contribution in [0.15, 0.2) is 18.2 Å². The third-order valence-corrected chi connectivity index (χ3v) is 4.46. The molecule has 0 heterocycles. The van der Waals surface area contributed by atoms with Gasteiger partial charge in [0.2, 0.25) is 0 Å². The molecule has 0 bridgehead atoms. The van der Waals surface area contributed by atoms with E-state index >= 15 is 0 Å². The molecule has 1 aromatic rings. The van der Waals surface area contributed by atoms with Crippen LogP contribution in [0.4, 0.5) is 0 Å². The van der Waals surface area contributed by atoms with Crippen LogP contribution >= 0.6 is 11.6 Å². The zero-order chi connectivity index (χ0) is 13.8. The Labute approximate surface area is 113 Å². The Morgan fingerprint density at radius 2 is 2.11 bits per heavy atom. The molecule has 0 radical (unpaired) electrons. The van der Waals surface area contributed by atoms with Gasteiger partial charge in [-0.25, -0.2) is 8.42 Å². The third-order valence-electron chi connectivity index (χ3n) is 2.55. The van der Waals surface area contributed by atoms with Crippen molar-refractivity contribution in [3.63, 3.8) is 0 Å². The molecule has 18 heavy (non-hydrogen) atoms. The molecule has 0 aliphatic carbocycles. The SMILES string of the molecule is CCS(=O)(=O)CCOc1ccc(Cl)cc1[C@H](C)N. The molecule has 0 aliphatic heterocycles. The number of rotatable bonds is 6. The van der Waals surface area contributed by atoms with E-state index in [1.54, 1.807) is 25.1 Å². The molecule has 1 aromatic carbocycles. The fourth-order valence-electron chi connectivity index (χ4n) is 1.43. The highest BCUT2D eigenvalue weighted by molar-refractivity contribution is 7.91. The van der Waals surface area contributed by atoms with Gasteiger partial charge in [0.1, 0.15) is 12.4 Å². The van der Waals surface area contributed by atoms with Gasteiger partial charge in [0.05, 0.1) is 5.75 Å². The van der Waals surface area contributed by atoms with Crippen molar-refractivity contribution in [3.8, 4) is 5.75 Å². The molecule has 1 atom stereocenters. The summed E-state index contributed by atoms with van der Waals surface area (Å²) >= 11 is 5.88. The van der Waals surface area contributed by atoms with Crippen LogP contribution in [0.25, 0.3) is 0 Å². The summed E-state index contributed by atoms with van der Waals surface area (Å²) in [7, 11) is -3.01. The summed E-state index contributed by atoms with van der Waals surface area (Å²) in [5.74, 6) is 0.711. The van der Waals surface area contributed by atoms with E-state index < -0.39 is 9.84 Å². The van der Waals surface area contributed by atoms with E-state index in [-0.39, 0.29) is 24.2 Å². The van der Waals surface area contributed by atoms with Crippen molar-refractivity contribution < 1.29 is 13.2 Å². The van der Waals surface area contributed by atoms with Crippen molar-refractivity contribution in [2.75, 3.05) is 18.1 Å². The average Bonchev–Trinajstić information content (AvgIpc) is 2.30. The molecule has 0 spiro atoms. The van der Waals surface area contributed by atoms with E-state index in [0.29, 0.717) is 10.8 Å². The minimum absolute atomic E-state index is 0.00448. The van der Waals surface area contributed by atoms with E-state index in [2.05, 4.69) is 0 Å². The van der Waals surface area contributed by atoms with Gasteiger partial charge in [-0.05, 0) is 25.1 Å². The lowest BCUT2D eigenvalue weighted by atomic mass is 10.1. The summed E-state index contributed by atoms with van der Waals surface area (Å²) in [5, 5.41) is 0.579. The second kappa shape index (κ2) is 6.41. The van der Waals surface area contributed by atoms with E-state index in [1.165, 1.54) is 0 Å². The first-order valence-corrected chi connectivity index (χ1v) is 7.94. The largest absolute Gasteiger partial charge is 0.492 e. The van der Waals surface area contributed by atoms with E-state index in [4.69, 9.17) is 22.1 Å². The average molecular weight is 292 g/mol. The van der Waals surface area contributed by atoms with Crippen molar-refractivity contribution in [2.45, 2.75) is 19.9 Å². The molecule has 4 nitrogen and oxygen atoms in total. The molecular weight excluding hydrogens is 274 g/mol. The number of hydrogen-bond donors (Lipinski definition) is 1. The Hall–Kier alpha value is -0.780. The highest BCUT2D eigenvalue weighted by Gasteiger charge is 2.11. The maximum absolute atomic E-state index is 11.3. The summed E-state index contributed by atoms with van der Waals surface area (Å²) < 4.78 is 28.1. The van der Waals surface area contributed by atoms with Gasteiger partial charge in [-0.3, -0.25) is 0 Å². The standard InChI is InChI=1S/C12H18ClNO3S/c1-3-18(15,16)7-6-17-12-5-4-10(13)8-11(12)9(2)14/h4-5,8-9H,3,6-7,14H2,1-2H3/t9-/m0/s1. The predicted octanol–water partition coefficient (Wildman–Crippen LogP) is 2.17. The number of nitrogens with two attached hydrogens (primary N) is 1. The van der Waals surface area contributed by atoms with Crippen LogP contribution < -0.4 is 10.5 Å². The number of sulfone groups is 1. The number of halogens is 1. The predicted molar refractivity (Wildman–Crippen MR) is 73.9 cm³/mol. The second-order valence-electron chi connectivity index (χ2n) is 4.06. The van der Waals surface area contributed by atoms with E-state index in [1.807, 2.05) is 6.92 Å².